The van der Waals surface area contributed by atoms with Crippen LogP contribution in [0.15, 0.2) is 35.5 Å². The molecule has 8 nitrogen and oxygen atoms in total. The van der Waals surface area contributed by atoms with Gasteiger partial charge in [-0.3, -0.25) is 4.79 Å². The molecule has 0 aromatic heterocycles. The number of ether oxygens (including phenoxy) is 2. The molecule has 0 unspecified atom stereocenters. The predicted molar refractivity (Wildman–Crippen MR) is 172 cm³/mol. The molecule has 43 heavy (non-hydrogen) atoms. The van der Waals surface area contributed by atoms with Crippen LogP contribution in [0, 0.1) is 11.8 Å². The van der Waals surface area contributed by atoms with E-state index in [-0.39, 0.29) is 18.9 Å². The fourth-order valence-corrected chi connectivity index (χ4v) is 5.44. The van der Waals surface area contributed by atoms with Gasteiger partial charge in [0, 0.05) is 25.6 Å². The molecule has 0 bridgehead atoms. The van der Waals surface area contributed by atoms with Crippen molar-refractivity contribution in [1.82, 2.24) is 5.32 Å². The zero-order valence-electron chi connectivity index (χ0n) is 27.6. The van der Waals surface area contributed by atoms with E-state index in [9.17, 15) is 24.9 Å². The molecule has 1 amide bonds. The SMILES string of the molecule is CCC[C@@H]1OC(=O)/C(C)=C/[C@@H](C)CCCCCCCC[C@@H](CC)/C=C\C=C(/COC)CC[C@H](O)[C@@H](O)C[C@H](O)CNC1=O. The number of aliphatic hydroxyl groups is 3. The van der Waals surface area contributed by atoms with Gasteiger partial charge < -0.3 is 30.1 Å². The Bertz CT molecular complexity index is 868. The average molecular weight is 608 g/mol. The number of methoxy groups -OCH3 is 1. The summed E-state index contributed by atoms with van der Waals surface area (Å²) in [6.45, 7) is 8.27. The Morgan fingerprint density at radius 3 is 2.30 bits per heavy atom. The molecule has 1 rings (SSSR count). The molecule has 1 aliphatic rings. The summed E-state index contributed by atoms with van der Waals surface area (Å²) in [6, 6.07) is 0. The number of rotatable bonds is 5. The zero-order valence-corrected chi connectivity index (χ0v) is 27.6. The van der Waals surface area contributed by atoms with E-state index >= 15 is 0 Å². The largest absolute Gasteiger partial charge is 0.449 e. The van der Waals surface area contributed by atoms with Gasteiger partial charge >= 0.3 is 5.97 Å². The molecule has 0 spiro atoms. The molecule has 8 heteroatoms. The lowest BCUT2D eigenvalue weighted by Gasteiger charge is -2.22. The number of amides is 1. The third-order valence-electron chi connectivity index (χ3n) is 8.23. The summed E-state index contributed by atoms with van der Waals surface area (Å²) in [6.07, 6.45) is 16.4. The summed E-state index contributed by atoms with van der Waals surface area (Å²) in [7, 11) is 1.64. The predicted octanol–water partition coefficient (Wildman–Crippen LogP) is 5.94. The minimum atomic E-state index is -1.15. The number of cyclic esters (lactones) is 1. The third kappa shape index (κ3) is 17.8. The van der Waals surface area contributed by atoms with Crippen molar-refractivity contribution in [3.63, 3.8) is 0 Å². The first-order chi connectivity index (χ1) is 20.6. The van der Waals surface area contributed by atoms with E-state index in [1.807, 2.05) is 19.1 Å². The van der Waals surface area contributed by atoms with E-state index in [0.29, 0.717) is 43.8 Å². The van der Waals surface area contributed by atoms with Crippen LogP contribution in [0.2, 0.25) is 0 Å². The van der Waals surface area contributed by atoms with Crippen LogP contribution in [0.4, 0.5) is 0 Å². The number of carbonyl (C=O) groups is 2. The number of nitrogens with one attached hydrogen (secondary N) is 1. The molecular weight excluding hydrogens is 546 g/mol. The summed E-state index contributed by atoms with van der Waals surface area (Å²) in [5.41, 5.74) is 1.52. The van der Waals surface area contributed by atoms with Crippen LogP contribution < -0.4 is 5.32 Å². The van der Waals surface area contributed by atoms with E-state index in [1.165, 1.54) is 38.5 Å². The molecule has 248 valence electrons. The van der Waals surface area contributed by atoms with Gasteiger partial charge in [0.05, 0.1) is 24.9 Å². The molecule has 0 fully saturated rings. The van der Waals surface area contributed by atoms with Gasteiger partial charge in [0.2, 0.25) is 0 Å². The van der Waals surface area contributed by atoms with Gasteiger partial charge in [-0.2, -0.15) is 0 Å². The van der Waals surface area contributed by atoms with Crippen LogP contribution in [0.5, 0.6) is 0 Å². The van der Waals surface area contributed by atoms with E-state index in [2.05, 4.69) is 31.3 Å². The Hall–Kier alpha value is -2.00. The monoisotopic (exact) mass is 607 g/mol. The molecule has 0 saturated carbocycles. The second-order valence-corrected chi connectivity index (χ2v) is 12.3. The van der Waals surface area contributed by atoms with Gasteiger partial charge in [-0.1, -0.05) is 90.0 Å². The summed E-state index contributed by atoms with van der Waals surface area (Å²) in [5.74, 6) is -0.216. The molecular formula is C35H61NO7. The number of carbonyl (C=O) groups excluding carboxylic acids is 2. The second kappa shape index (κ2) is 23.4. The maximum Gasteiger partial charge on any atom is 0.334 e. The Balaban J connectivity index is 2.94. The lowest BCUT2D eigenvalue weighted by molar-refractivity contribution is -0.152. The van der Waals surface area contributed by atoms with Gasteiger partial charge in [-0.25, -0.2) is 4.79 Å². The molecule has 6 atom stereocenters. The Kier molecular flexibility index (Phi) is 21.2. The number of β-amino-alcohol motifs (C(OH)–C–C–N with tert-alkyl or cyclic N) is 1. The minimum absolute atomic E-state index is 0.0964. The number of hydrogen-bond donors (Lipinski definition) is 4. The summed E-state index contributed by atoms with van der Waals surface area (Å²) in [5, 5.41) is 34.1. The van der Waals surface area contributed by atoms with E-state index in [0.717, 1.165) is 24.8 Å². The highest BCUT2D eigenvalue weighted by Crippen LogP contribution is 2.20. The molecule has 0 aromatic carbocycles. The topological polar surface area (TPSA) is 125 Å². The first-order valence-corrected chi connectivity index (χ1v) is 16.7. The van der Waals surface area contributed by atoms with Crippen molar-refractivity contribution in [3.05, 3.63) is 35.5 Å². The van der Waals surface area contributed by atoms with Crippen molar-refractivity contribution < 1.29 is 34.4 Å². The van der Waals surface area contributed by atoms with Gasteiger partial charge in [0.15, 0.2) is 6.10 Å². The van der Waals surface area contributed by atoms with Crippen LogP contribution in [0.25, 0.3) is 0 Å². The van der Waals surface area contributed by atoms with Crippen molar-refractivity contribution >= 4 is 11.9 Å². The fraction of sp³-hybridized carbons (Fsp3) is 0.771. The Morgan fingerprint density at radius 2 is 1.65 bits per heavy atom. The average Bonchev–Trinajstić information content (AvgIpc) is 2.97. The molecule has 0 radical (unpaired) electrons. The van der Waals surface area contributed by atoms with Crippen molar-refractivity contribution in [2.45, 2.75) is 142 Å². The van der Waals surface area contributed by atoms with Crippen LogP contribution >= 0.6 is 0 Å². The number of allylic oxidation sites excluding steroid dienone is 4. The highest BCUT2D eigenvalue weighted by atomic mass is 16.5. The van der Waals surface area contributed by atoms with Crippen molar-refractivity contribution in [3.8, 4) is 0 Å². The van der Waals surface area contributed by atoms with Crippen LogP contribution in [-0.4, -0.2) is 71.9 Å². The molecule has 4 N–H and O–H groups in total. The maximum atomic E-state index is 12.8. The minimum Gasteiger partial charge on any atom is -0.449 e. The summed E-state index contributed by atoms with van der Waals surface area (Å²) < 4.78 is 10.9. The maximum absolute atomic E-state index is 12.8. The number of hydrogen-bond acceptors (Lipinski definition) is 7. The standard InChI is InChI=1S/C35H61NO7/c1-6-15-33-34(40)36-24-30(37)23-32(39)31(38)21-20-29(25-42-5)19-14-18-28(7-2)17-13-11-9-8-10-12-16-26(3)22-27(4)35(41)43-33/h14,18-19,22,26,28,30-33,37-39H,6-13,15-17,20-21,23-25H2,1-5H3,(H,36,40)/b18-14-,27-22+,29-19-/t26-,28+,30-,31-,32-,33-/m0/s1. The fourth-order valence-electron chi connectivity index (χ4n) is 5.44. The van der Waals surface area contributed by atoms with E-state index in [4.69, 9.17) is 9.47 Å². The van der Waals surface area contributed by atoms with E-state index < -0.39 is 36.3 Å². The highest BCUT2D eigenvalue weighted by molar-refractivity contribution is 5.91. The van der Waals surface area contributed by atoms with Crippen LogP contribution in [0.3, 0.4) is 0 Å². The first kappa shape index (κ1) is 39.0. The molecule has 0 saturated heterocycles. The van der Waals surface area contributed by atoms with Crippen molar-refractivity contribution in [2.24, 2.45) is 11.8 Å². The Morgan fingerprint density at radius 1 is 0.977 bits per heavy atom. The van der Waals surface area contributed by atoms with Gasteiger partial charge in [0.1, 0.15) is 0 Å². The molecule has 1 heterocycles. The molecule has 1 aliphatic heterocycles. The van der Waals surface area contributed by atoms with Crippen molar-refractivity contribution in [1.29, 1.82) is 0 Å². The normalized spacial score (nSPS) is 32.6. The number of aliphatic hydroxyl groups excluding tert-OH is 3. The Labute approximate surface area is 261 Å². The quantitative estimate of drug-likeness (QED) is 0.285. The van der Waals surface area contributed by atoms with E-state index in [1.54, 1.807) is 14.0 Å². The van der Waals surface area contributed by atoms with Gasteiger partial charge in [-0.15, -0.1) is 0 Å². The third-order valence-corrected chi connectivity index (χ3v) is 8.23. The zero-order chi connectivity index (χ0) is 32.0. The van der Waals surface area contributed by atoms with Gasteiger partial charge in [0.25, 0.3) is 5.91 Å². The lowest BCUT2D eigenvalue weighted by atomic mass is 9.96. The van der Waals surface area contributed by atoms with Crippen LogP contribution in [0.1, 0.15) is 118 Å². The molecule has 0 aliphatic carbocycles. The lowest BCUT2D eigenvalue weighted by Crippen LogP contribution is -2.42. The summed E-state index contributed by atoms with van der Waals surface area (Å²) in [4.78, 5) is 25.6. The van der Waals surface area contributed by atoms with Crippen molar-refractivity contribution in [2.75, 3.05) is 20.3 Å². The van der Waals surface area contributed by atoms with Crippen LogP contribution in [-0.2, 0) is 19.1 Å². The highest BCUT2D eigenvalue weighted by Gasteiger charge is 2.25. The molecule has 0 aromatic rings. The first-order valence-electron chi connectivity index (χ1n) is 16.7. The second-order valence-electron chi connectivity index (χ2n) is 12.3. The number of esters is 1. The summed E-state index contributed by atoms with van der Waals surface area (Å²) >= 11 is 0. The smallest absolute Gasteiger partial charge is 0.334 e. The van der Waals surface area contributed by atoms with Gasteiger partial charge in [-0.05, 0) is 62.9 Å².